The number of nitrogens with zero attached hydrogens (tertiary/aromatic N) is 20. The maximum Gasteiger partial charge on any atom is 0.508 e. The summed E-state index contributed by atoms with van der Waals surface area (Å²) in [4.78, 5) is 88.8. The van der Waals surface area contributed by atoms with E-state index < -0.39 is 12.3 Å². The molecule has 19 rings (SSSR count). The van der Waals surface area contributed by atoms with Gasteiger partial charge in [-0.05, 0) is 113 Å². The average Bonchev–Trinajstić information content (AvgIpc) is 1.45. The molecule has 0 fully saturated rings. The predicted octanol–water partition coefficient (Wildman–Crippen LogP) is 16.9. The van der Waals surface area contributed by atoms with Gasteiger partial charge in [-0.25, -0.2) is 69.0 Å². The number of amides is 2. The molecule has 0 aliphatic heterocycles. The van der Waals surface area contributed by atoms with Gasteiger partial charge in [0.15, 0.2) is 6.73 Å². The Bertz CT molecular complexity index is 6200. The van der Waals surface area contributed by atoms with Gasteiger partial charge in [0.2, 0.25) is 0 Å². The third kappa shape index (κ3) is 31.7. The lowest BCUT2D eigenvalue weighted by Crippen LogP contribution is -2.34. The number of carbonyl (C=O) groups is 4. The standard InChI is InChI=1S/C23H24N6O.2C23H22N4O3.C22H20N4O2.C14H14N4O/c30-23(26-13-19-1-5-21(6-2-19)15-28-11-9-24-17-28)27-14-20-3-7-22(8-4-20)16-29-12-10-25-18-29;28-23(29-15-21-5-1-19(2-6-21)13-26-11-9-24-17-26)30-16-22-7-3-20(4-8-22)14-27-12-10-25-18-27;28-23(29-15-21-7-3-1-5-19(21)13-26-11-9-24-17-26)30-16-22-8-4-2-6-20(22)14-27-12-10-25-18-27;27-22(21-7-5-19(6-8-21)14-26-12-10-24-17-26)28-15-20-3-1-18(2-4-20)13-25-11-9-23-16-25;1-3-14(19-12-18-8-6-16-11-18)4-2-13(1)9-17-7-5-15-10-17/h1-12,17-18H,13-16H2,(H2,26,27,30);2*1-12,17-18H,13-16H2;1-12,16-17H,13-15H2;1-8,10-11H,9,12H2. The maximum absolute atomic E-state index is 12.3. The van der Waals surface area contributed by atoms with Crippen LogP contribution in [0.15, 0.2) is 406 Å². The van der Waals surface area contributed by atoms with Crippen molar-refractivity contribution < 1.29 is 47.6 Å². The zero-order valence-corrected chi connectivity index (χ0v) is 75.2. The third-order valence-corrected chi connectivity index (χ3v) is 21.4. The molecule has 10 heterocycles. The Balaban J connectivity index is 0.000000131. The fourth-order valence-corrected chi connectivity index (χ4v) is 14.0. The molecule has 0 spiro atoms. The van der Waals surface area contributed by atoms with Gasteiger partial charge in [-0.15, -0.1) is 0 Å². The molecule has 32 heteroatoms. The Morgan fingerprint density at radius 3 is 0.730 bits per heavy atom. The number of carbonyl (C=O) groups excluding carboxylic acids is 4. The van der Waals surface area contributed by atoms with Crippen LogP contribution in [0.5, 0.6) is 5.75 Å². The summed E-state index contributed by atoms with van der Waals surface area (Å²) in [6.07, 6.45) is 53.1. The summed E-state index contributed by atoms with van der Waals surface area (Å²) in [7, 11) is 0. The summed E-state index contributed by atoms with van der Waals surface area (Å²) < 4.78 is 52.0. The molecule has 0 aliphatic rings. The zero-order chi connectivity index (χ0) is 93.9. The van der Waals surface area contributed by atoms with Crippen LogP contribution in [0.1, 0.15) is 99.4 Å². The number of hydrogen-bond donors (Lipinski definition) is 2. The van der Waals surface area contributed by atoms with E-state index in [2.05, 4.69) is 96.9 Å². The normalized spacial score (nSPS) is 10.7. The molecule has 0 aliphatic carbocycles. The summed E-state index contributed by atoms with van der Waals surface area (Å²) in [6.45, 7) is 9.08. The number of ether oxygens (including phenoxy) is 6. The largest absolute Gasteiger partial charge is 0.508 e. The first kappa shape index (κ1) is 93.8. The number of benzene rings is 9. The Labute approximate surface area is 791 Å². The van der Waals surface area contributed by atoms with Crippen molar-refractivity contribution in [3.05, 3.63) is 500 Å². The van der Waals surface area contributed by atoms with Crippen molar-refractivity contribution in [2.24, 2.45) is 0 Å². The lowest BCUT2D eigenvalue weighted by molar-refractivity contribution is 0.0436. The molecule has 137 heavy (non-hydrogen) atoms. The summed E-state index contributed by atoms with van der Waals surface area (Å²) in [5.74, 6) is 0.528. The first-order valence-corrected chi connectivity index (χ1v) is 44.1. The van der Waals surface area contributed by atoms with E-state index in [0.29, 0.717) is 38.5 Å². The Hall–Kier alpha value is -17.8. The molecule has 19 aromatic rings. The van der Waals surface area contributed by atoms with Crippen molar-refractivity contribution in [2.45, 2.75) is 112 Å². The van der Waals surface area contributed by atoms with Gasteiger partial charge in [0.05, 0.1) is 68.8 Å². The van der Waals surface area contributed by atoms with Gasteiger partial charge in [-0.1, -0.05) is 194 Å². The number of rotatable bonds is 36. The van der Waals surface area contributed by atoms with Gasteiger partial charge in [0.25, 0.3) is 0 Å². The van der Waals surface area contributed by atoms with Crippen molar-refractivity contribution >= 4 is 24.3 Å². The van der Waals surface area contributed by atoms with Crippen molar-refractivity contribution in [3.8, 4) is 5.75 Å². The topological polar surface area (TPSA) is 326 Å². The van der Waals surface area contributed by atoms with Crippen molar-refractivity contribution in [2.75, 3.05) is 0 Å². The van der Waals surface area contributed by atoms with Gasteiger partial charge in [0, 0.05) is 196 Å². The molecule has 0 saturated carbocycles. The number of aromatic nitrogens is 20. The molecular formula is C105H102N22O10. The zero-order valence-electron chi connectivity index (χ0n) is 75.2. The van der Waals surface area contributed by atoms with Crippen molar-refractivity contribution in [3.63, 3.8) is 0 Å². The van der Waals surface area contributed by atoms with Crippen LogP contribution in [-0.4, -0.2) is 120 Å². The number of nitrogens with one attached hydrogen (secondary N) is 2. The van der Waals surface area contributed by atoms with Crippen LogP contribution in [-0.2, 0) is 135 Å². The second-order valence-electron chi connectivity index (χ2n) is 31.7. The molecule has 0 radical (unpaired) electrons. The predicted molar refractivity (Wildman–Crippen MR) is 511 cm³/mol. The van der Waals surface area contributed by atoms with Crippen molar-refractivity contribution in [1.29, 1.82) is 0 Å². The van der Waals surface area contributed by atoms with Gasteiger partial charge >= 0.3 is 24.3 Å². The van der Waals surface area contributed by atoms with E-state index in [1.54, 1.807) is 131 Å². The van der Waals surface area contributed by atoms with Crippen LogP contribution < -0.4 is 15.4 Å². The summed E-state index contributed by atoms with van der Waals surface area (Å²) in [5, 5.41) is 5.80. The highest BCUT2D eigenvalue weighted by Gasteiger charge is 2.15. The Kier molecular flexibility index (Phi) is 34.6. The van der Waals surface area contributed by atoms with E-state index >= 15 is 0 Å². The van der Waals surface area contributed by atoms with Crippen molar-refractivity contribution in [1.82, 2.24) is 106 Å². The first-order valence-electron chi connectivity index (χ1n) is 44.1. The van der Waals surface area contributed by atoms with E-state index in [1.165, 1.54) is 22.3 Å². The summed E-state index contributed by atoms with van der Waals surface area (Å²) in [5.41, 5.74) is 17.6. The van der Waals surface area contributed by atoms with Crippen LogP contribution in [0.3, 0.4) is 0 Å². The van der Waals surface area contributed by atoms with Gasteiger partial charge in [-0.3, -0.25) is 0 Å². The van der Waals surface area contributed by atoms with Crippen LogP contribution in [0.2, 0.25) is 0 Å². The molecule has 2 N–H and O–H groups in total. The number of hydrogen-bond acceptors (Lipinski definition) is 20. The van der Waals surface area contributed by atoms with Crippen LogP contribution in [0.25, 0.3) is 0 Å². The fourth-order valence-electron chi connectivity index (χ4n) is 14.0. The lowest BCUT2D eigenvalue weighted by atomic mass is 10.1. The Morgan fingerprint density at radius 1 is 0.226 bits per heavy atom. The smallest absolute Gasteiger partial charge is 0.473 e. The molecule has 9 aromatic carbocycles. The quantitative estimate of drug-likeness (QED) is 0.0272. The molecule has 10 aromatic heterocycles. The van der Waals surface area contributed by atoms with E-state index in [0.717, 1.165) is 118 Å². The minimum atomic E-state index is -0.690. The highest BCUT2D eigenvalue weighted by molar-refractivity contribution is 5.89. The average molecular weight is 1830 g/mol. The minimum Gasteiger partial charge on any atom is -0.473 e. The second-order valence-corrected chi connectivity index (χ2v) is 31.7. The number of imidazole rings is 10. The maximum atomic E-state index is 12.3. The highest BCUT2D eigenvalue weighted by atomic mass is 16.7. The van der Waals surface area contributed by atoms with E-state index in [4.69, 9.17) is 28.4 Å². The number of urea groups is 1. The second kappa shape index (κ2) is 50.5. The molecule has 0 atom stereocenters. The molecule has 692 valence electrons. The monoisotopic (exact) mass is 1830 g/mol. The van der Waals surface area contributed by atoms with E-state index in [9.17, 15) is 19.2 Å². The Morgan fingerprint density at radius 2 is 0.453 bits per heavy atom. The molecule has 32 nitrogen and oxygen atoms in total. The van der Waals surface area contributed by atoms with Gasteiger partial charge < -0.3 is 84.7 Å². The van der Waals surface area contributed by atoms with Gasteiger partial charge in [0.1, 0.15) is 38.8 Å². The van der Waals surface area contributed by atoms with Crippen LogP contribution >= 0.6 is 0 Å². The molecule has 2 amide bonds. The molecule has 0 bridgehead atoms. The lowest BCUT2D eigenvalue weighted by Gasteiger charge is -2.12. The minimum absolute atomic E-state index is 0.153. The SMILES string of the molecule is O=C(NCc1ccc(Cn2ccnc2)cc1)NCc1ccc(Cn2ccnc2)cc1.O=C(OCc1ccc(Cn2ccnc2)cc1)OCc1ccc(Cn2ccnc2)cc1.O=C(OCc1ccc(Cn2ccnc2)cc1)c1ccc(Cn2ccnc2)cc1.O=C(OCc1ccccc1Cn1ccnc1)OCc1ccccc1Cn1ccnc1.c1cn(COc2ccc(Cn3ccnc3)cc2)cn1. The molecular weight excluding hydrogens is 1730 g/mol. The summed E-state index contributed by atoms with van der Waals surface area (Å²) >= 11 is 0. The molecule has 0 unspecified atom stereocenters. The van der Waals surface area contributed by atoms with Crippen LogP contribution in [0, 0.1) is 0 Å². The highest BCUT2D eigenvalue weighted by Crippen LogP contribution is 2.21. The number of esters is 1. The molecule has 0 saturated heterocycles. The van der Waals surface area contributed by atoms with E-state index in [1.807, 2.05) is 284 Å². The van der Waals surface area contributed by atoms with E-state index in [-0.39, 0.29) is 45.0 Å². The first-order chi connectivity index (χ1) is 67.4. The van der Waals surface area contributed by atoms with Gasteiger partial charge in [-0.2, -0.15) is 0 Å². The summed E-state index contributed by atoms with van der Waals surface area (Å²) in [6, 6.07) is 71.3. The fraction of sp³-hybridized carbons (Fsp3) is 0.162. The third-order valence-electron chi connectivity index (χ3n) is 21.4. The van der Waals surface area contributed by atoms with Crippen LogP contribution in [0.4, 0.5) is 14.4 Å².